The SMILES string of the molecule is N#Cc1cc[n+](CC(=O)c2ccc(Cl)cc2)cc1. The van der Waals surface area contributed by atoms with Crippen molar-refractivity contribution in [2.75, 3.05) is 0 Å². The summed E-state index contributed by atoms with van der Waals surface area (Å²) in [5, 5.41) is 9.28. The molecule has 2 rings (SSSR count). The van der Waals surface area contributed by atoms with Crippen LogP contribution in [0.1, 0.15) is 15.9 Å². The average molecular weight is 258 g/mol. The highest BCUT2D eigenvalue weighted by atomic mass is 35.5. The number of nitrogens with zero attached hydrogens (tertiary/aromatic N) is 2. The fraction of sp³-hybridized carbons (Fsp3) is 0.0714. The normalized spacial score (nSPS) is 9.78. The maximum atomic E-state index is 12.0. The van der Waals surface area contributed by atoms with Crippen LogP contribution in [0, 0.1) is 11.3 Å². The number of ketones is 1. The Hall–Kier alpha value is -2.18. The molecule has 0 aliphatic heterocycles. The second kappa shape index (κ2) is 5.44. The van der Waals surface area contributed by atoms with Crippen molar-refractivity contribution in [3.05, 3.63) is 64.9 Å². The lowest BCUT2D eigenvalue weighted by Crippen LogP contribution is -2.37. The minimum Gasteiger partial charge on any atom is -0.287 e. The third-order valence-electron chi connectivity index (χ3n) is 2.51. The van der Waals surface area contributed by atoms with E-state index in [2.05, 4.69) is 0 Å². The van der Waals surface area contributed by atoms with Crippen molar-refractivity contribution in [2.24, 2.45) is 0 Å². The highest BCUT2D eigenvalue weighted by Gasteiger charge is 2.11. The third kappa shape index (κ3) is 2.93. The summed E-state index contributed by atoms with van der Waals surface area (Å²) >= 11 is 5.76. The van der Waals surface area contributed by atoms with Crippen molar-refractivity contribution < 1.29 is 9.36 Å². The number of benzene rings is 1. The minimum atomic E-state index is 0.00127. The molecular weight excluding hydrogens is 248 g/mol. The zero-order valence-electron chi connectivity index (χ0n) is 9.51. The predicted molar refractivity (Wildman–Crippen MR) is 67.1 cm³/mol. The van der Waals surface area contributed by atoms with E-state index in [1.165, 1.54) is 0 Å². The largest absolute Gasteiger partial charge is 0.287 e. The third-order valence-corrected chi connectivity index (χ3v) is 2.76. The molecule has 1 aromatic carbocycles. The van der Waals surface area contributed by atoms with Crippen LogP contribution >= 0.6 is 11.6 Å². The van der Waals surface area contributed by atoms with Crippen LogP contribution in [0.15, 0.2) is 48.8 Å². The van der Waals surface area contributed by atoms with Gasteiger partial charge in [0.05, 0.1) is 11.6 Å². The maximum Gasteiger partial charge on any atom is 0.227 e. The van der Waals surface area contributed by atoms with E-state index in [0.29, 0.717) is 16.1 Å². The van der Waals surface area contributed by atoms with Crippen molar-refractivity contribution >= 4 is 17.4 Å². The van der Waals surface area contributed by atoms with Crippen LogP contribution in [0.5, 0.6) is 0 Å². The van der Waals surface area contributed by atoms with Crippen LogP contribution in [0.2, 0.25) is 5.02 Å². The molecule has 88 valence electrons. The summed E-state index contributed by atoms with van der Waals surface area (Å²) in [5.74, 6) is 0.00127. The second-order valence-corrected chi connectivity index (χ2v) is 4.24. The Labute approximate surface area is 110 Å². The molecule has 1 heterocycles. The Morgan fingerprint density at radius 3 is 2.33 bits per heavy atom. The van der Waals surface area contributed by atoms with Gasteiger partial charge in [-0.25, -0.2) is 0 Å². The number of halogens is 1. The highest BCUT2D eigenvalue weighted by Crippen LogP contribution is 2.09. The molecule has 0 atom stereocenters. The zero-order chi connectivity index (χ0) is 13.0. The highest BCUT2D eigenvalue weighted by molar-refractivity contribution is 6.30. The van der Waals surface area contributed by atoms with Gasteiger partial charge in [-0.15, -0.1) is 0 Å². The van der Waals surface area contributed by atoms with E-state index in [1.54, 1.807) is 53.4 Å². The molecule has 0 spiro atoms. The Kier molecular flexibility index (Phi) is 3.71. The molecule has 0 radical (unpaired) electrons. The van der Waals surface area contributed by atoms with Gasteiger partial charge in [0.25, 0.3) is 0 Å². The molecule has 1 aromatic heterocycles. The summed E-state index contributed by atoms with van der Waals surface area (Å²) in [6.07, 6.45) is 3.43. The standard InChI is InChI=1S/C14H10ClN2O/c15-13-3-1-12(2-4-13)14(18)10-17-7-5-11(9-16)6-8-17/h1-8H,10H2/q+1. The summed E-state index contributed by atoms with van der Waals surface area (Å²) < 4.78 is 1.73. The second-order valence-electron chi connectivity index (χ2n) is 3.80. The Morgan fingerprint density at radius 2 is 1.78 bits per heavy atom. The van der Waals surface area contributed by atoms with Gasteiger partial charge in [-0.05, 0) is 24.3 Å². The Balaban J connectivity index is 2.11. The fourth-order valence-electron chi connectivity index (χ4n) is 1.53. The molecule has 0 aliphatic carbocycles. The molecule has 0 saturated carbocycles. The van der Waals surface area contributed by atoms with Gasteiger partial charge < -0.3 is 0 Å². The van der Waals surface area contributed by atoms with Gasteiger partial charge in [0.1, 0.15) is 0 Å². The van der Waals surface area contributed by atoms with Gasteiger partial charge in [0.2, 0.25) is 12.3 Å². The van der Waals surface area contributed by atoms with E-state index in [-0.39, 0.29) is 12.3 Å². The number of carbonyl (C=O) groups excluding carboxylic acids is 1. The first-order chi connectivity index (χ1) is 8.69. The van der Waals surface area contributed by atoms with Crippen molar-refractivity contribution in [3.63, 3.8) is 0 Å². The van der Waals surface area contributed by atoms with Gasteiger partial charge in [0.15, 0.2) is 12.4 Å². The van der Waals surface area contributed by atoms with Crippen LogP contribution in [0.3, 0.4) is 0 Å². The molecule has 0 unspecified atom stereocenters. The van der Waals surface area contributed by atoms with Crippen molar-refractivity contribution in [2.45, 2.75) is 6.54 Å². The Morgan fingerprint density at radius 1 is 1.17 bits per heavy atom. The van der Waals surface area contributed by atoms with Crippen LogP contribution in [-0.2, 0) is 6.54 Å². The van der Waals surface area contributed by atoms with E-state index in [1.807, 2.05) is 6.07 Å². The van der Waals surface area contributed by atoms with E-state index in [9.17, 15) is 4.79 Å². The van der Waals surface area contributed by atoms with Crippen LogP contribution in [0.4, 0.5) is 0 Å². The Bertz CT molecular complexity index is 597. The predicted octanol–water partition coefficient (Wildman–Crippen LogP) is 2.38. The van der Waals surface area contributed by atoms with Gasteiger partial charge in [-0.1, -0.05) is 11.6 Å². The number of aromatic nitrogens is 1. The average Bonchev–Trinajstić information content (AvgIpc) is 2.40. The van der Waals surface area contributed by atoms with Gasteiger partial charge in [-0.2, -0.15) is 9.83 Å². The van der Waals surface area contributed by atoms with Gasteiger partial charge >= 0.3 is 0 Å². The molecule has 2 aromatic rings. The van der Waals surface area contributed by atoms with Crippen molar-refractivity contribution in [3.8, 4) is 6.07 Å². The van der Waals surface area contributed by atoms with Crippen LogP contribution in [0.25, 0.3) is 0 Å². The number of nitriles is 1. The molecular formula is C14H10ClN2O+. The first-order valence-electron chi connectivity index (χ1n) is 5.37. The number of carbonyl (C=O) groups is 1. The van der Waals surface area contributed by atoms with E-state index < -0.39 is 0 Å². The maximum absolute atomic E-state index is 12.0. The minimum absolute atomic E-state index is 0.00127. The summed E-state index contributed by atoms with van der Waals surface area (Å²) in [4.78, 5) is 12.0. The monoisotopic (exact) mass is 257 g/mol. The van der Waals surface area contributed by atoms with Gasteiger partial charge in [0, 0.05) is 22.7 Å². The van der Waals surface area contributed by atoms with E-state index in [0.717, 1.165) is 0 Å². The summed E-state index contributed by atoms with van der Waals surface area (Å²) in [5.41, 5.74) is 1.20. The lowest BCUT2D eigenvalue weighted by molar-refractivity contribution is -0.683. The van der Waals surface area contributed by atoms with Gasteiger partial charge in [-0.3, -0.25) is 4.79 Å². The molecule has 0 saturated heterocycles. The summed E-state index contributed by atoms with van der Waals surface area (Å²) in [6.45, 7) is 0.243. The molecule has 18 heavy (non-hydrogen) atoms. The number of hydrogen-bond donors (Lipinski definition) is 0. The molecule has 4 heteroatoms. The number of hydrogen-bond acceptors (Lipinski definition) is 2. The van der Waals surface area contributed by atoms with Crippen LogP contribution in [-0.4, -0.2) is 5.78 Å². The molecule has 0 bridgehead atoms. The fourth-order valence-corrected chi connectivity index (χ4v) is 1.66. The summed E-state index contributed by atoms with van der Waals surface area (Å²) in [7, 11) is 0. The molecule has 0 N–H and O–H groups in total. The number of rotatable bonds is 3. The lowest BCUT2D eigenvalue weighted by Gasteiger charge is -1.98. The first kappa shape index (κ1) is 12.3. The summed E-state index contributed by atoms with van der Waals surface area (Å²) in [6, 6.07) is 12.2. The van der Waals surface area contributed by atoms with E-state index in [4.69, 9.17) is 16.9 Å². The zero-order valence-corrected chi connectivity index (χ0v) is 10.3. The molecule has 3 nitrogen and oxygen atoms in total. The molecule has 0 aliphatic rings. The van der Waals surface area contributed by atoms with E-state index >= 15 is 0 Å². The number of pyridine rings is 1. The topological polar surface area (TPSA) is 44.7 Å². The quantitative estimate of drug-likeness (QED) is 0.626. The lowest BCUT2D eigenvalue weighted by atomic mass is 10.1. The molecule has 0 amide bonds. The van der Waals surface area contributed by atoms with Crippen LogP contribution < -0.4 is 4.57 Å². The smallest absolute Gasteiger partial charge is 0.227 e. The number of Topliss-reactive ketones (excluding diaryl/α,β-unsaturated/α-hetero) is 1. The van der Waals surface area contributed by atoms with Crippen molar-refractivity contribution in [1.82, 2.24) is 0 Å². The van der Waals surface area contributed by atoms with Crippen molar-refractivity contribution in [1.29, 1.82) is 5.26 Å². The first-order valence-corrected chi connectivity index (χ1v) is 5.75. The molecule has 0 fully saturated rings.